The first-order valence-electron chi connectivity index (χ1n) is 9.26. The number of anilines is 1. The lowest BCUT2D eigenvalue weighted by Crippen LogP contribution is -2.44. The highest BCUT2D eigenvalue weighted by Crippen LogP contribution is 2.34. The van der Waals surface area contributed by atoms with Crippen molar-refractivity contribution in [1.82, 2.24) is 14.5 Å². The Morgan fingerprint density at radius 1 is 1.16 bits per heavy atom. The zero-order chi connectivity index (χ0) is 22.2. The van der Waals surface area contributed by atoms with Gasteiger partial charge < -0.3 is 10.6 Å². The summed E-state index contributed by atoms with van der Waals surface area (Å²) < 4.78 is 52.5. The number of benzene rings is 1. The van der Waals surface area contributed by atoms with Gasteiger partial charge in [-0.25, -0.2) is 14.2 Å². The van der Waals surface area contributed by atoms with Gasteiger partial charge in [0.05, 0.1) is 6.54 Å². The van der Waals surface area contributed by atoms with Crippen LogP contribution < -0.4 is 16.3 Å². The normalized spacial score (nSPS) is 17.0. The lowest BCUT2D eigenvalue weighted by molar-refractivity contribution is -0.134. The fourth-order valence-corrected chi connectivity index (χ4v) is 4.18. The molecular formula is C20H17F4N5OS. The molecule has 162 valence electrons. The van der Waals surface area contributed by atoms with Crippen molar-refractivity contribution < 1.29 is 17.6 Å². The predicted octanol–water partition coefficient (Wildman–Crippen LogP) is 3.14. The molecule has 31 heavy (non-hydrogen) atoms. The van der Waals surface area contributed by atoms with Crippen molar-refractivity contribution in [3.8, 4) is 0 Å². The standard InChI is InChI=1S/C20H17F4N5OS/c21-13-3-1-12(2-4-13)15-7-8-28(10-16(15)25)18-26-11-29(19(30)27-18)9-14-5-6-17(31-14)20(22,23)24/h1-7,11,16H,8-10,25H2/t16-/m1/s1. The van der Waals surface area contributed by atoms with Gasteiger partial charge in [0.15, 0.2) is 0 Å². The second kappa shape index (κ2) is 8.23. The summed E-state index contributed by atoms with van der Waals surface area (Å²) in [6.07, 6.45) is -1.27. The zero-order valence-corrected chi connectivity index (χ0v) is 16.8. The van der Waals surface area contributed by atoms with Crippen LogP contribution in [0.4, 0.5) is 23.5 Å². The van der Waals surface area contributed by atoms with E-state index >= 15 is 0 Å². The lowest BCUT2D eigenvalue weighted by atomic mass is 9.95. The maximum atomic E-state index is 13.1. The van der Waals surface area contributed by atoms with E-state index in [1.54, 1.807) is 17.0 Å². The maximum absolute atomic E-state index is 13.1. The Morgan fingerprint density at radius 2 is 1.90 bits per heavy atom. The third-order valence-electron chi connectivity index (χ3n) is 4.83. The van der Waals surface area contributed by atoms with Crippen LogP contribution in [0.25, 0.3) is 5.57 Å². The Morgan fingerprint density at radius 3 is 2.52 bits per heavy atom. The Hall–Kier alpha value is -3.05. The molecule has 4 rings (SSSR count). The van der Waals surface area contributed by atoms with E-state index in [9.17, 15) is 22.4 Å². The first-order chi connectivity index (χ1) is 14.7. The molecule has 0 saturated heterocycles. The molecule has 0 fully saturated rings. The Bertz CT molecular complexity index is 1170. The summed E-state index contributed by atoms with van der Waals surface area (Å²) in [5.41, 5.74) is 7.32. The molecule has 6 nitrogen and oxygen atoms in total. The maximum Gasteiger partial charge on any atom is 0.425 e. The van der Waals surface area contributed by atoms with E-state index in [1.807, 2.05) is 6.08 Å². The second-order valence-electron chi connectivity index (χ2n) is 7.01. The minimum Gasteiger partial charge on any atom is -0.335 e. The summed E-state index contributed by atoms with van der Waals surface area (Å²) in [6, 6.07) is 7.97. The average molecular weight is 451 g/mol. The molecule has 2 aromatic heterocycles. The van der Waals surface area contributed by atoms with Crippen molar-refractivity contribution in [3.63, 3.8) is 0 Å². The van der Waals surface area contributed by atoms with Crippen LogP contribution in [0, 0.1) is 5.82 Å². The van der Waals surface area contributed by atoms with Crippen molar-refractivity contribution in [2.75, 3.05) is 18.0 Å². The van der Waals surface area contributed by atoms with Crippen LogP contribution in [-0.2, 0) is 12.7 Å². The van der Waals surface area contributed by atoms with Gasteiger partial charge in [-0.3, -0.25) is 4.57 Å². The van der Waals surface area contributed by atoms with Gasteiger partial charge in [0.2, 0.25) is 5.95 Å². The van der Waals surface area contributed by atoms with Gasteiger partial charge in [-0.2, -0.15) is 18.2 Å². The van der Waals surface area contributed by atoms with Gasteiger partial charge >= 0.3 is 11.9 Å². The average Bonchev–Trinajstić information content (AvgIpc) is 3.19. The third kappa shape index (κ3) is 4.67. The molecule has 0 amide bonds. The molecule has 0 aliphatic carbocycles. The molecular weight excluding hydrogens is 434 g/mol. The van der Waals surface area contributed by atoms with Crippen molar-refractivity contribution in [1.29, 1.82) is 0 Å². The van der Waals surface area contributed by atoms with Crippen molar-refractivity contribution in [3.05, 3.63) is 80.4 Å². The Kier molecular flexibility index (Phi) is 5.63. The molecule has 0 unspecified atom stereocenters. The summed E-state index contributed by atoms with van der Waals surface area (Å²) in [7, 11) is 0. The summed E-state index contributed by atoms with van der Waals surface area (Å²) in [5, 5.41) is 0. The highest BCUT2D eigenvalue weighted by atomic mass is 32.1. The summed E-state index contributed by atoms with van der Waals surface area (Å²) >= 11 is 0.576. The SMILES string of the molecule is N[C@@H]1CN(c2ncn(Cc3ccc(C(F)(F)F)s3)c(=O)n2)CC=C1c1ccc(F)cc1. The number of thiophene rings is 1. The minimum atomic E-state index is -4.42. The molecule has 0 radical (unpaired) electrons. The number of alkyl halides is 3. The van der Waals surface area contributed by atoms with Gasteiger partial charge in [0.1, 0.15) is 17.0 Å². The number of nitrogens with two attached hydrogens (primary N) is 1. The Labute approximate surface area is 178 Å². The van der Waals surface area contributed by atoms with Gasteiger partial charge in [0.25, 0.3) is 0 Å². The van der Waals surface area contributed by atoms with Crippen LogP contribution in [0.15, 0.2) is 53.6 Å². The fourth-order valence-electron chi connectivity index (χ4n) is 3.30. The highest BCUT2D eigenvalue weighted by molar-refractivity contribution is 7.12. The quantitative estimate of drug-likeness (QED) is 0.617. The van der Waals surface area contributed by atoms with Gasteiger partial charge in [0, 0.05) is 24.0 Å². The Balaban J connectivity index is 1.49. The topological polar surface area (TPSA) is 77.0 Å². The van der Waals surface area contributed by atoms with Crippen LogP contribution in [-0.4, -0.2) is 33.7 Å². The van der Waals surface area contributed by atoms with Crippen molar-refractivity contribution >= 4 is 22.9 Å². The van der Waals surface area contributed by atoms with E-state index in [-0.39, 0.29) is 18.3 Å². The molecule has 1 aromatic carbocycles. The number of halogens is 4. The summed E-state index contributed by atoms with van der Waals surface area (Å²) in [4.78, 5) is 21.9. The molecule has 0 saturated carbocycles. The smallest absolute Gasteiger partial charge is 0.335 e. The second-order valence-corrected chi connectivity index (χ2v) is 8.18. The first kappa shape index (κ1) is 21.2. The predicted molar refractivity (Wildman–Crippen MR) is 109 cm³/mol. The van der Waals surface area contributed by atoms with E-state index in [2.05, 4.69) is 9.97 Å². The molecule has 2 N–H and O–H groups in total. The van der Waals surface area contributed by atoms with E-state index < -0.39 is 22.8 Å². The molecule has 1 aliphatic heterocycles. The minimum absolute atomic E-state index is 0.0476. The highest BCUT2D eigenvalue weighted by Gasteiger charge is 2.32. The monoisotopic (exact) mass is 451 g/mol. The molecule has 3 aromatic rings. The van der Waals surface area contributed by atoms with Gasteiger partial charge in [-0.1, -0.05) is 18.2 Å². The first-order valence-corrected chi connectivity index (χ1v) is 10.1. The number of rotatable bonds is 4. The molecule has 0 spiro atoms. The van der Waals surface area contributed by atoms with Crippen LogP contribution >= 0.6 is 11.3 Å². The van der Waals surface area contributed by atoms with Crippen molar-refractivity contribution in [2.45, 2.75) is 18.8 Å². The largest absolute Gasteiger partial charge is 0.425 e. The molecule has 0 bridgehead atoms. The van der Waals surface area contributed by atoms with Crippen molar-refractivity contribution in [2.24, 2.45) is 5.73 Å². The number of hydrogen-bond donors (Lipinski definition) is 1. The van der Waals surface area contributed by atoms with E-state index in [0.29, 0.717) is 29.3 Å². The van der Waals surface area contributed by atoms with E-state index in [0.717, 1.165) is 21.8 Å². The summed E-state index contributed by atoms with van der Waals surface area (Å²) in [6.45, 7) is 0.713. The molecule has 1 aliphatic rings. The lowest BCUT2D eigenvalue weighted by Gasteiger charge is -2.31. The number of aromatic nitrogens is 3. The molecule has 3 heterocycles. The van der Waals surface area contributed by atoms with Crippen LogP contribution in [0.3, 0.4) is 0 Å². The zero-order valence-electron chi connectivity index (χ0n) is 16.0. The number of hydrogen-bond acceptors (Lipinski definition) is 6. The van der Waals surface area contributed by atoms with Crippen LogP contribution in [0.5, 0.6) is 0 Å². The van der Waals surface area contributed by atoms with E-state index in [1.165, 1.54) is 24.5 Å². The summed E-state index contributed by atoms with van der Waals surface area (Å²) in [5.74, 6) is -0.144. The van der Waals surface area contributed by atoms with Crippen LogP contribution in [0.1, 0.15) is 15.3 Å². The third-order valence-corrected chi connectivity index (χ3v) is 5.94. The van der Waals surface area contributed by atoms with E-state index in [4.69, 9.17) is 5.73 Å². The molecule has 1 atom stereocenters. The van der Waals surface area contributed by atoms with Gasteiger partial charge in [-0.15, -0.1) is 11.3 Å². The van der Waals surface area contributed by atoms with Crippen LogP contribution in [0.2, 0.25) is 0 Å². The number of nitrogens with zero attached hydrogens (tertiary/aromatic N) is 4. The molecule has 11 heteroatoms. The van der Waals surface area contributed by atoms with Gasteiger partial charge in [-0.05, 0) is 35.4 Å². The fraction of sp³-hybridized carbons (Fsp3) is 0.250.